The summed E-state index contributed by atoms with van der Waals surface area (Å²) in [6, 6.07) is 8.26. The van der Waals surface area contributed by atoms with Gasteiger partial charge in [0.05, 0.1) is 6.61 Å². The molecule has 0 aliphatic rings. The van der Waals surface area contributed by atoms with E-state index in [-0.39, 0.29) is 5.41 Å². The monoisotopic (exact) mass is 277 g/mol. The average molecular weight is 277 g/mol. The van der Waals surface area contributed by atoms with E-state index in [2.05, 4.69) is 50.1 Å². The Bertz CT molecular complexity index is 436. The Morgan fingerprint density at radius 1 is 1.30 bits per heavy atom. The van der Waals surface area contributed by atoms with Gasteiger partial charge in [-0.15, -0.1) is 0 Å². The molecule has 0 saturated carbocycles. The van der Waals surface area contributed by atoms with Crippen LogP contribution < -0.4 is 15.8 Å². The van der Waals surface area contributed by atoms with Crippen LogP contribution in [-0.4, -0.2) is 26.2 Å². The first kappa shape index (κ1) is 16.3. The first-order valence-electron chi connectivity index (χ1n) is 7.04. The smallest absolute Gasteiger partial charge is 0.188 e. The Morgan fingerprint density at radius 2 is 1.90 bits per heavy atom. The average Bonchev–Trinajstić information content (AvgIpc) is 2.43. The highest BCUT2D eigenvalue weighted by molar-refractivity contribution is 5.77. The number of rotatable bonds is 6. The highest BCUT2D eigenvalue weighted by Gasteiger charge is 2.20. The first-order chi connectivity index (χ1) is 9.35. The van der Waals surface area contributed by atoms with E-state index in [1.165, 1.54) is 5.56 Å². The van der Waals surface area contributed by atoms with E-state index < -0.39 is 0 Å². The van der Waals surface area contributed by atoms with Crippen molar-refractivity contribution in [3.63, 3.8) is 0 Å². The van der Waals surface area contributed by atoms with Crippen LogP contribution in [0.25, 0.3) is 0 Å². The maximum atomic E-state index is 5.70. The molecule has 0 atom stereocenters. The molecule has 0 saturated heterocycles. The summed E-state index contributed by atoms with van der Waals surface area (Å²) in [5.74, 6) is 1.92. The van der Waals surface area contributed by atoms with Crippen LogP contribution in [-0.2, 0) is 5.41 Å². The van der Waals surface area contributed by atoms with Gasteiger partial charge in [0.2, 0.25) is 0 Å². The first-order valence-corrected chi connectivity index (χ1v) is 7.04. The third kappa shape index (κ3) is 5.11. The van der Waals surface area contributed by atoms with Crippen molar-refractivity contribution in [2.24, 2.45) is 16.6 Å². The molecule has 0 amide bonds. The Kier molecular flexibility index (Phi) is 5.86. The summed E-state index contributed by atoms with van der Waals surface area (Å²) in [6.45, 7) is 10.1. The fourth-order valence-corrected chi connectivity index (χ4v) is 1.76. The van der Waals surface area contributed by atoms with Crippen molar-refractivity contribution >= 4 is 5.96 Å². The maximum Gasteiger partial charge on any atom is 0.188 e. The molecule has 20 heavy (non-hydrogen) atoms. The number of hydrogen-bond acceptors (Lipinski definition) is 2. The summed E-state index contributed by atoms with van der Waals surface area (Å²) in [7, 11) is 1.68. The number of nitrogens with two attached hydrogens (primary N) is 1. The maximum absolute atomic E-state index is 5.70. The molecule has 4 heteroatoms. The van der Waals surface area contributed by atoms with Gasteiger partial charge >= 0.3 is 0 Å². The molecule has 0 bridgehead atoms. The molecule has 0 aliphatic carbocycles. The number of ether oxygens (including phenoxy) is 1. The topological polar surface area (TPSA) is 59.6 Å². The highest BCUT2D eigenvalue weighted by Crippen LogP contribution is 2.24. The Balaban J connectivity index is 2.66. The summed E-state index contributed by atoms with van der Waals surface area (Å²) in [5.41, 5.74) is 6.89. The summed E-state index contributed by atoms with van der Waals surface area (Å²) >= 11 is 0. The molecule has 0 unspecified atom stereocenters. The van der Waals surface area contributed by atoms with Gasteiger partial charge in [0.1, 0.15) is 5.75 Å². The highest BCUT2D eigenvalue weighted by atomic mass is 16.5. The molecule has 112 valence electrons. The Hall–Kier alpha value is -1.71. The van der Waals surface area contributed by atoms with Crippen molar-refractivity contribution in [3.05, 3.63) is 29.8 Å². The molecular weight excluding hydrogens is 250 g/mol. The van der Waals surface area contributed by atoms with Gasteiger partial charge in [0, 0.05) is 19.0 Å². The van der Waals surface area contributed by atoms with Crippen molar-refractivity contribution in [1.82, 2.24) is 5.32 Å². The molecule has 3 N–H and O–H groups in total. The van der Waals surface area contributed by atoms with Gasteiger partial charge in [-0.2, -0.15) is 0 Å². The second-order valence-corrected chi connectivity index (χ2v) is 6.08. The third-order valence-electron chi connectivity index (χ3n) is 3.17. The van der Waals surface area contributed by atoms with Crippen LogP contribution in [0.15, 0.2) is 29.3 Å². The quantitative estimate of drug-likeness (QED) is 0.620. The van der Waals surface area contributed by atoms with Crippen LogP contribution in [0.3, 0.4) is 0 Å². The Labute approximate surface area is 122 Å². The molecular formula is C16H27N3O. The van der Waals surface area contributed by atoms with E-state index in [0.717, 1.165) is 18.9 Å². The molecule has 0 radical (unpaired) electrons. The molecule has 1 aromatic carbocycles. The number of benzene rings is 1. The van der Waals surface area contributed by atoms with E-state index >= 15 is 0 Å². The number of nitrogens with one attached hydrogen (secondary N) is 1. The standard InChI is InChI=1S/C16H27N3O/c1-12(2)10-20-14-8-6-13(7-9-14)16(3,4)11-19-15(17)18-5/h6-9,12H,10-11H2,1-5H3,(H3,17,18,19). The number of hydrogen-bond donors (Lipinski definition) is 2. The lowest BCUT2D eigenvalue weighted by atomic mass is 9.84. The van der Waals surface area contributed by atoms with Gasteiger partial charge in [0.15, 0.2) is 5.96 Å². The minimum atomic E-state index is -0.0219. The fourth-order valence-electron chi connectivity index (χ4n) is 1.76. The fraction of sp³-hybridized carbons (Fsp3) is 0.562. The second kappa shape index (κ2) is 7.17. The van der Waals surface area contributed by atoms with Gasteiger partial charge in [-0.3, -0.25) is 4.99 Å². The summed E-state index contributed by atoms with van der Waals surface area (Å²) in [6.07, 6.45) is 0. The lowest BCUT2D eigenvalue weighted by molar-refractivity contribution is 0.271. The molecule has 0 heterocycles. The lowest BCUT2D eigenvalue weighted by Crippen LogP contribution is -2.40. The van der Waals surface area contributed by atoms with E-state index in [9.17, 15) is 0 Å². The summed E-state index contributed by atoms with van der Waals surface area (Å²) in [4.78, 5) is 3.90. The number of aliphatic imine (C=N–C) groups is 1. The second-order valence-electron chi connectivity index (χ2n) is 6.08. The SMILES string of the molecule is CN=C(N)NCC(C)(C)c1ccc(OCC(C)C)cc1. The third-order valence-corrected chi connectivity index (χ3v) is 3.17. The lowest BCUT2D eigenvalue weighted by Gasteiger charge is -2.26. The van der Waals surface area contributed by atoms with Crippen molar-refractivity contribution in [3.8, 4) is 5.75 Å². The summed E-state index contributed by atoms with van der Waals surface area (Å²) in [5, 5.41) is 3.12. The minimum Gasteiger partial charge on any atom is -0.493 e. The Morgan fingerprint density at radius 3 is 2.40 bits per heavy atom. The molecule has 0 fully saturated rings. The van der Waals surface area contributed by atoms with Crippen LogP contribution in [0, 0.1) is 5.92 Å². The van der Waals surface area contributed by atoms with Crippen molar-refractivity contribution < 1.29 is 4.74 Å². The van der Waals surface area contributed by atoms with Crippen molar-refractivity contribution in [1.29, 1.82) is 0 Å². The normalized spacial score (nSPS) is 12.6. The van der Waals surface area contributed by atoms with Crippen LogP contribution >= 0.6 is 0 Å². The van der Waals surface area contributed by atoms with Crippen molar-refractivity contribution in [2.45, 2.75) is 33.1 Å². The van der Waals surface area contributed by atoms with Gasteiger partial charge in [-0.1, -0.05) is 39.8 Å². The molecule has 0 spiro atoms. The largest absolute Gasteiger partial charge is 0.493 e. The van der Waals surface area contributed by atoms with Gasteiger partial charge < -0.3 is 15.8 Å². The van der Waals surface area contributed by atoms with Crippen LogP contribution in [0.1, 0.15) is 33.3 Å². The van der Waals surface area contributed by atoms with E-state index in [4.69, 9.17) is 10.5 Å². The van der Waals surface area contributed by atoms with Crippen LogP contribution in [0.5, 0.6) is 5.75 Å². The number of nitrogens with zero attached hydrogens (tertiary/aromatic N) is 1. The molecule has 1 rings (SSSR count). The van der Waals surface area contributed by atoms with E-state index in [1.807, 2.05) is 12.1 Å². The molecule has 0 aliphatic heterocycles. The summed E-state index contributed by atoms with van der Waals surface area (Å²) < 4.78 is 5.70. The van der Waals surface area contributed by atoms with Gasteiger partial charge in [0.25, 0.3) is 0 Å². The van der Waals surface area contributed by atoms with Crippen molar-refractivity contribution in [2.75, 3.05) is 20.2 Å². The molecule has 4 nitrogen and oxygen atoms in total. The molecule has 0 aromatic heterocycles. The number of guanidine groups is 1. The predicted octanol–water partition coefficient (Wildman–Crippen LogP) is 2.53. The zero-order chi connectivity index (χ0) is 15.2. The minimum absolute atomic E-state index is 0.0219. The van der Waals surface area contributed by atoms with Crippen LogP contribution in [0.4, 0.5) is 0 Å². The zero-order valence-electron chi connectivity index (χ0n) is 13.2. The van der Waals surface area contributed by atoms with Gasteiger partial charge in [-0.05, 0) is 23.6 Å². The molecule has 1 aromatic rings. The predicted molar refractivity (Wildman–Crippen MR) is 85.4 cm³/mol. The van der Waals surface area contributed by atoms with Gasteiger partial charge in [-0.25, -0.2) is 0 Å². The van der Waals surface area contributed by atoms with E-state index in [0.29, 0.717) is 11.9 Å². The zero-order valence-corrected chi connectivity index (χ0v) is 13.2. The van der Waals surface area contributed by atoms with E-state index in [1.54, 1.807) is 7.05 Å². The van der Waals surface area contributed by atoms with Crippen LogP contribution in [0.2, 0.25) is 0 Å².